The van der Waals surface area contributed by atoms with Crippen molar-refractivity contribution < 1.29 is 23.9 Å². The SMILES string of the molecule is CCOC(=O)[C@@H]1[C@H]2C=C[C@@H]([C@@H]3C[C@H]23)[C@H]1C(=O)OCC(=O)c1ccccc1. The van der Waals surface area contributed by atoms with Gasteiger partial charge in [0.2, 0.25) is 0 Å². The standard InChI is InChI=1S/C21H22O5/c1-2-25-20(23)18-13-8-9-14(16-10-15(13)16)19(18)21(24)26-11-17(22)12-6-4-3-5-7-12/h3-9,13-16,18-19H,2,10-11H2,1H3/t13-,14-,15+,16-,18+,19+/m0/s1. The Morgan fingerprint density at radius 2 is 1.50 bits per heavy atom. The van der Waals surface area contributed by atoms with Gasteiger partial charge >= 0.3 is 11.9 Å². The molecular weight excluding hydrogens is 332 g/mol. The van der Waals surface area contributed by atoms with Crippen LogP contribution in [0.15, 0.2) is 42.5 Å². The van der Waals surface area contributed by atoms with Gasteiger partial charge in [0, 0.05) is 5.56 Å². The summed E-state index contributed by atoms with van der Waals surface area (Å²) < 4.78 is 10.6. The van der Waals surface area contributed by atoms with Crippen LogP contribution in [0.1, 0.15) is 23.7 Å². The molecule has 0 amide bonds. The van der Waals surface area contributed by atoms with E-state index in [4.69, 9.17) is 9.47 Å². The van der Waals surface area contributed by atoms with Crippen molar-refractivity contribution in [2.75, 3.05) is 13.2 Å². The molecule has 136 valence electrons. The maximum absolute atomic E-state index is 12.8. The van der Waals surface area contributed by atoms with Gasteiger partial charge in [0.15, 0.2) is 12.4 Å². The number of ether oxygens (including phenoxy) is 2. The molecule has 1 aromatic carbocycles. The zero-order valence-electron chi connectivity index (χ0n) is 14.7. The van der Waals surface area contributed by atoms with Crippen molar-refractivity contribution in [3.63, 3.8) is 0 Å². The zero-order valence-corrected chi connectivity index (χ0v) is 14.7. The second-order valence-electron chi connectivity index (χ2n) is 7.30. The minimum absolute atomic E-state index is 0.0127. The zero-order chi connectivity index (χ0) is 18.3. The molecule has 0 spiro atoms. The summed E-state index contributed by atoms with van der Waals surface area (Å²) in [6.07, 6.45) is 5.17. The first-order chi connectivity index (χ1) is 12.6. The van der Waals surface area contributed by atoms with E-state index in [1.807, 2.05) is 6.07 Å². The van der Waals surface area contributed by atoms with Crippen LogP contribution in [0.2, 0.25) is 0 Å². The van der Waals surface area contributed by atoms with Gasteiger partial charge in [-0.15, -0.1) is 0 Å². The second kappa shape index (κ2) is 6.71. The molecule has 4 aliphatic carbocycles. The fraction of sp³-hybridized carbons (Fsp3) is 0.476. The summed E-state index contributed by atoms with van der Waals surface area (Å²) in [6.45, 7) is 1.75. The van der Waals surface area contributed by atoms with Gasteiger partial charge in [-0.25, -0.2) is 0 Å². The van der Waals surface area contributed by atoms with Crippen LogP contribution in [-0.2, 0) is 19.1 Å². The summed E-state index contributed by atoms with van der Waals surface area (Å²) >= 11 is 0. The van der Waals surface area contributed by atoms with Crippen LogP contribution in [0.3, 0.4) is 0 Å². The average Bonchev–Trinajstić information content (AvgIpc) is 3.48. The third kappa shape index (κ3) is 2.85. The first kappa shape index (κ1) is 17.0. The number of hydrogen-bond acceptors (Lipinski definition) is 5. The quantitative estimate of drug-likeness (QED) is 0.446. The smallest absolute Gasteiger partial charge is 0.310 e. The Morgan fingerprint density at radius 1 is 0.923 bits per heavy atom. The molecule has 0 radical (unpaired) electrons. The molecule has 0 N–H and O–H groups in total. The lowest BCUT2D eigenvalue weighted by molar-refractivity contribution is -0.167. The first-order valence-corrected chi connectivity index (χ1v) is 9.21. The Balaban J connectivity index is 1.47. The molecule has 4 aliphatic rings. The number of hydrogen-bond donors (Lipinski definition) is 0. The van der Waals surface area contributed by atoms with Crippen molar-refractivity contribution in [3.05, 3.63) is 48.0 Å². The van der Waals surface area contributed by atoms with E-state index in [-0.39, 0.29) is 30.2 Å². The summed E-state index contributed by atoms with van der Waals surface area (Å²) in [5.41, 5.74) is 0.509. The van der Waals surface area contributed by atoms with Gasteiger partial charge in [0.05, 0.1) is 18.4 Å². The Labute approximate surface area is 152 Å². The van der Waals surface area contributed by atoms with Gasteiger partial charge in [0.25, 0.3) is 0 Å². The summed E-state index contributed by atoms with van der Waals surface area (Å²) in [5, 5.41) is 0. The number of rotatable bonds is 6. The number of carbonyl (C=O) groups excluding carboxylic acids is 3. The van der Waals surface area contributed by atoms with Gasteiger partial charge < -0.3 is 9.47 Å². The summed E-state index contributed by atoms with van der Waals surface area (Å²) in [5.74, 6) is -1.07. The van der Waals surface area contributed by atoms with Gasteiger partial charge in [-0.2, -0.15) is 0 Å². The molecule has 0 heterocycles. The molecule has 5 heteroatoms. The van der Waals surface area contributed by atoms with E-state index in [1.54, 1.807) is 31.2 Å². The van der Waals surface area contributed by atoms with E-state index in [1.165, 1.54) is 0 Å². The Bertz CT molecular complexity index is 753. The predicted molar refractivity (Wildman–Crippen MR) is 93.1 cm³/mol. The summed E-state index contributed by atoms with van der Waals surface area (Å²) in [7, 11) is 0. The third-order valence-corrected chi connectivity index (χ3v) is 5.92. The van der Waals surface area contributed by atoms with Gasteiger partial charge in [-0.3, -0.25) is 14.4 Å². The van der Waals surface area contributed by atoms with Crippen molar-refractivity contribution in [1.82, 2.24) is 0 Å². The van der Waals surface area contributed by atoms with E-state index < -0.39 is 17.8 Å². The molecule has 5 rings (SSSR count). The lowest BCUT2D eigenvalue weighted by Crippen LogP contribution is -2.48. The van der Waals surface area contributed by atoms with E-state index in [0.717, 1.165) is 6.42 Å². The molecule has 0 aliphatic heterocycles. The number of Topliss-reactive ketones (excluding diaryl/α,β-unsaturated/α-hetero) is 1. The maximum atomic E-state index is 12.8. The van der Waals surface area contributed by atoms with Gasteiger partial charge in [0.1, 0.15) is 0 Å². The molecule has 26 heavy (non-hydrogen) atoms. The molecule has 6 atom stereocenters. The van der Waals surface area contributed by atoms with E-state index in [9.17, 15) is 14.4 Å². The topological polar surface area (TPSA) is 69.7 Å². The average molecular weight is 354 g/mol. The van der Waals surface area contributed by atoms with Crippen LogP contribution < -0.4 is 0 Å². The number of fused-ring (bicyclic) bond motifs is 1. The second-order valence-corrected chi connectivity index (χ2v) is 7.30. The largest absolute Gasteiger partial charge is 0.466 e. The molecule has 0 saturated heterocycles. The predicted octanol–water partition coefficient (Wildman–Crippen LogP) is 2.66. The number of esters is 2. The van der Waals surface area contributed by atoms with Gasteiger partial charge in [-0.05, 0) is 37.0 Å². The number of ketones is 1. The molecule has 1 aromatic rings. The highest BCUT2D eigenvalue weighted by Crippen LogP contribution is 2.63. The van der Waals surface area contributed by atoms with Crippen LogP contribution in [0.25, 0.3) is 0 Å². The summed E-state index contributed by atoms with van der Waals surface area (Å²) in [4.78, 5) is 37.5. The normalized spacial score (nSPS) is 33.3. The van der Waals surface area contributed by atoms with Crippen molar-refractivity contribution in [1.29, 1.82) is 0 Å². The molecule has 2 bridgehead atoms. The molecule has 2 fully saturated rings. The number of benzene rings is 1. The first-order valence-electron chi connectivity index (χ1n) is 9.21. The summed E-state index contributed by atoms with van der Waals surface area (Å²) in [6, 6.07) is 8.74. The Hall–Kier alpha value is -2.43. The Kier molecular flexibility index (Phi) is 4.39. The molecule has 5 nitrogen and oxygen atoms in total. The highest BCUT2D eigenvalue weighted by molar-refractivity contribution is 5.98. The van der Waals surface area contributed by atoms with Crippen molar-refractivity contribution in [2.24, 2.45) is 35.5 Å². The highest BCUT2D eigenvalue weighted by Gasteiger charge is 2.63. The van der Waals surface area contributed by atoms with E-state index >= 15 is 0 Å². The Morgan fingerprint density at radius 3 is 2.08 bits per heavy atom. The molecule has 0 unspecified atom stereocenters. The van der Waals surface area contributed by atoms with Crippen LogP contribution in [0.5, 0.6) is 0 Å². The maximum Gasteiger partial charge on any atom is 0.310 e. The van der Waals surface area contributed by atoms with Crippen molar-refractivity contribution >= 4 is 17.7 Å². The van der Waals surface area contributed by atoms with Crippen LogP contribution in [0, 0.1) is 35.5 Å². The van der Waals surface area contributed by atoms with Crippen LogP contribution in [-0.4, -0.2) is 30.9 Å². The fourth-order valence-electron chi connectivity index (χ4n) is 4.70. The minimum Gasteiger partial charge on any atom is -0.466 e. The third-order valence-electron chi connectivity index (χ3n) is 5.92. The van der Waals surface area contributed by atoms with Crippen molar-refractivity contribution in [3.8, 4) is 0 Å². The van der Waals surface area contributed by atoms with Crippen molar-refractivity contribution in [2.45, 2.75) is 13.3 Å². The lowest BCUT2D eigenvalue weighted by Gasteiger charge is -2.41. The number of carbonyl (C=O) groups is 3. The molecule has 0 aromatic heterocycles. The molecular formula is C21H22O5. The van der Waals surface area contributed by atoms with E-state index in [2.05, 4.69) is 12.2 Å². The van der Waals surface area contributed by atoms with E-state index in [0.29, 0.717) is 24.0 Å². The lowest BCUT2D eigenvalue weighted by atomic mass is 9.62. The van der Waals surface area contributed by atoms with Crippen LogP contribution >= 0.6 is 0 Å². The van der Waals surface area contributed by atoms with Gasteiger partial charge in [-0.1, -0.05) is 42.5 Å². The minimum atomic E-state index is -0.545. The highest BCUT2D eigenvalue weighted by atomic mass is 16.5. The fourth-order valence-corrected chi connectivity index (χ4v) is 4.70. The monoisotopic (exact) mass is 354 g/mol. The van der Waals surface area contributed by atoms with Crippen LogP contribution in [0.4, 0.5) is 0 Å². The molecule has 2 saturated carbocycles. The number of allylic oxidation sites excluding steroid dienone is 2.